The number of carbonyl (C=O) groups is 2. The van der Waals surface area contributed by atoms with Gasteiger partial charge >= 0.3 is 29.7 Å². The van der Waals surface area contributed by atoms with Crippen molar-refractivity contribution in [3.63, 3.8) is 0 Å². The average molecular weight is 520 g/mol. The number of alkyl halides is 1. The van der Waals surface area contributed by atoms with Crippen LogP contribution in [-0.4, -0.2) is 61.9 Å². The molecule has 11 nitrogen and oxygen atoms in total. The molecule has 3 aliphatic heterocycles. The van der Waals surface area contributed by atoms with Crippen molar-refractivity contribution in [3.8, 4) is 0 Å². The van der Waals surface area contributed by atoms with Crippen molar-refractivity contribution < 1.29 is 32.6 Å². The molecule has 2 aromatic rings. The minimum atomic E-state index is -1.70. The van der Waals surface area contributed by atoms with Gasteiger partial charge < -0.3 is 14.2 Å². The van der Waals surface area contributed by atoms with Gasteiger partial charge in [0, 0.05) is 18.6 Å². The number of halogens is 2. The molecule has 5 rings (SSSR count). The van der Waals surface area contributed by atoms with Crippen LogP contribution in [0.2, 0.25) is 0 Å². The molecular formula is C24H26F2N4O7. The number of hydrogen-bond acceptors (Lipinski definition) is 9. The number of hydrogen-bond donors (Lipinski definition) is 0. The van der Waals surface area contributed by atoms with E-state index < -0.39 is 42.4 Å². The van der Waals surface area contributed by atoms with E-state index in [2.05, 4.69) is 9.88 Å². The predicted octanol–water partition coefficient (Wildman–Crippen LogP) is 0.959. The van der Waals surface area contributed by atoms with Crippen LogP contribution < -0.4 is 11.4 Å². The van der Waals surface area contributed by atoms with Gasteiger partial charge in [-0.1, -0.05) is 12.1 Å². The van der Waals surface area contributed by atoms with Crippen LogP contribution >= 0.6 is 0 Å². The van der Waals surface area contributed by atoms with Gasteiger partial charge in [-0.25, -0.2) is 37.1 Å². The molecule has 1 aromatic heterocycles. The molecule has 2 bridgehead atoms. The van der Waals surface area contributed by atoms with E-state index in [-0.39, 0.29) is 36.4 Å². The molecule has 37 heavy (non-hydrogen) atoms. The standard InChI is InChI=1S/C24H26F2N4O7/c1-13-27-22(33)29(23(34)30(13)24-36-20(31)21(32)37-24)11-16(26)10-28-17-5-6-18(28)9-19(8-17)35-12-14-3-2-4-15(25)7-14/h2-4,7,16-19,24H,5-6,8-12H2,1H3/t16-,17-,18-/m1/s1. The molecule has 3 fully saturated rings. The minimum Gasteiger partial charge on any atom is -0.397 e. The zero-order valence-corrected chi connectivity index (χ0v) is 20.0. The van der Waals surface area contributed by atoms with Crippen LogP contribution in [0.15, 0.2) is 33.9 Å². The summed E-state index contributed by atoms with van der Waals surface area (Å²) in [4.78, 5) is 53.8. The highest BCUT2D eigenvalue weighted by molar-refractivity contribution is 6.30. The molecule has 0 spiro atoms. The molecule has 0 saturated carbocycles. The van der Waals surface area contributed by atoms with Gasteiger partial charge in [0.2, 0.25) is 0 Å². The van der Waals surface area contributed by atoms with Crippen LogP contribution in [0.1, 0.15) is 43.5 Å². The lowest BCUT2D eigenvalue weighted by atomic mass is 9.99. The lowest BCUT2D eigenvalue weighted by molar-refractivity contribution is -0.155. The Morgan fingerprint density at radius 2 is 1.76 bits per heavy atom. The Hall–Kier alpha value is -3.45. The second kappa shape index (κ2) is 10.1. The number of ether oxygens (including phenoxy) is 3. The highest BCUT2D eigenvalue weighted by Gasteiger charge is 2.42. The summed E-state index contributed by atoms with van der Waals surface area (Å²) in [6, 6.07) is 6.44. The van der Waals surface area contributed by atoms with E-state index in [9.17, 15) is 23.6 Å². The summed E-state index contributed by atoms with van der Waals surface area (Å²) in [5, 5.41) is 0. The number of rotatable bonds is 8. The summed E-state index contributed by atoms with van der Waals surface area (Å²) in [5.74, 6) is -3.02. The molecule has 3 atom stereocenters. The maximum atomic E-state index is 15.2. The van der Waals surface area contributed by atoms with E-state index in [1.54, 1.807) is 12.1 Å². The predicted molar refractivity (Wildman–Crippen MR) is 121 cm³/mol. The van der Waals surface area contributed by atoms with Gasteiger partial charge in [-0.05, 0) is 50.3 Å². The van der Waals surface area contributed by atoms with Crippen molar-refractivity contribution in [2.24, 2.45) is 0 Å². The SMILES string of the molecule is Cc1nc(=O)n(C[C@H](F)CN2[C@@H]3CC[C@@H]2CC(OCc2cccc(F)c2)C3)c(=O)n1C1OC(=O)C(=O)O1. The van der Waals surface area contributed by atoms with Crippen LogP contribution in [0.4, 0.5) is 8.78 Å². The summed E-state index contributed by atoms with van der Waals surface area (Å²) in [5.41, 5.74) is -1.20. The number of esters is 2. The zero-order chi connectivity index (χ0) is 26.3. The largest absolute Gasteiger partial charge is 0.422 e. The van der Waals surface area contributed by atoms with E-state index in [0.29, 0.717) is 24.0 Å². The van der Waals surface area contributed by atoms with Crippen molar-refractivity contribution in [2.75, 3.05) is 6.54 Å². The fourth-order valence-corrected chi connectivity index (χ4v) is 5.39. The lowest BCUT2D eigenvalue weighted by Crippen LogP contribution is -2.50. The van der Waals surface area contributed by atoms with Gasteiger partial charge in [-0.15, -0.1) is 0 Å². The van der Waals surface area contributed by atoms with Gasteiger partial charge in [0.1, 0.15) is 17.8 Å². The molecule has 3 aliphatic rings. The Kier molecular flexibility index (Phi) is 6.90. The molecule has 1 aromatic carbocycles. The number of carbonyl (C=O) groups excluding carboxylic acids is 2. The maximum Gasteiger partial charge on any atom is 0.422 e. The summed E-state index contributed by atoms with van der Waals surface area (Å²) in [6.45, 7) is 1.06. The number of benzene rings is 1. The fraction of sp³-hybridized carbons (Fsp3) is 0.542. The molecular weight excluding hydrogens is 494 g/mol. The van der Waals surface area contributed by atoms with Gasteiger partial charge in [0.15, 0.2) is 0 Å². The number of nitrogens with zero attached hydrogens (tertiary/aromatic N) is 4. The van der Waals surface area contributed by atoms with Crippen LogP contribution in [0.5, 0.6) is 0 Å². The third kappa shape index (κ3) is 5.18. The Bertz CT molecular complexity index is 1300. The van der Waals surface area contributed by atoms with Crippen molar-refractivity contribution in [2.45, 2.75) is 76.5 Å². The average Bonchev–Trinajstić information content (AvgIpc) is 3.27. The monoisotopic (exact) mass is 520 g/mol. The van der Waals surface area contributed by atoms with Crippen molar-refractivity contribution in [3.05, 3.63) is 62.4 Å². The van der Waals surface area contributed by atoms with Crippen molar-refractivity contribution in [1.29, 1.82) is 0 Å². The highest BCUT2D eigenvalue weighted by atomic mass is 19.1. The Morgan fingerprint density at radius 1 is 1.08 bits per heavy atom. The summed E-state index contributed by atoms with van der Waals surface area (Å²) in [7, 11) is 0. The first-order valence-electron chi connectivity index (χ1n) is 12.1. The third-order valence-corrected chi connectivity index (χ3v) is 7.07. The van der Waals surface area contributed by atoms with Crippen LogP contribution in [-0.2, 0) is 37.0 Å². The topological polar surface area (TPSA) is 122 Å². The van der Waals surface area contributed by atoms with Gasteiger partial charge in [-0.3, -0.25) is 4.90 Å². The highest BCUT2D eigenvalue weighted by Crippen LogP contribution is 2.37. The summed E-state index contributed by atoms with van der Waals surface area (Å²) in [6.07, 6.45) is -0.116. The molecule has 0 unspecified atom stereocenters. The van der Waals surface area contributed by atoms with E-state index in [0.717, 1.165) is 23.0 Å². The maximum absolute atomic E-state index is 15.2. The van der Waals surface area contributed by atoms with E-state index >= 15 is 4.39 Å². The van der Waals surface area contributed by atoms with Gasteiger partial charge in [-0.2, -0.15) is 4.98 Å². The smallest absolute Gasteiger partial charge is 0.397 e. The number of aromatic nitrogens is 3. The first kappa shape index (κ1) is 25.2. The minimum absolute atomic E-state index is 0.0130. The fourth-order valence-electron chi connectivity index (χ4n) is 5.39. The number of piperidine rings is 1. The Morgan fingerprint density at radius 3 is 2.41 bits per heavy atom. The van der Waals surface area contributed by atoms with E-state index in [1.165, 1.54) is 19.1 Å². The zero-order valence-electron chi connectivity index (χ0n) is 20.0. The molecule has 0 radical (unpaired) electrons. The van der Waals surface area contributed by atoms with Crippen LogP contribution in [0, 0.1) is 12.7 Å². The van der Waals surface area contributed by atoms with Gasteiger partial charge in [0.25, 0.3) is 0 Å². The molecule has 0 aliphatic carbocycles. The molecule has 3 saturated heterocycles. The number of cyclic esters (lactones) is 2. The van der Waals surface area contributed by atoms with E-state index in [1.807, 2.05) is 0 Å². The van der Waals surface area contributed by atoms with Crippen LogP contribution in [0.25, 0.3) is 0 Å². The summed E-state index contributed by atoms with van der Waals surface area (Å²) < 4.78 is 45.4. The quantitative estimate of drug-likeness (QED) is 0.370. The number of fused-ring (bicyclic) bond motifs is 2. The first-order chi connectivity index (χ1) is 17.7. The van der Waals surface area contributed by atoms with Crippen molar-refractivity contribution >= 4 is 11.9 Å². The van der Waals surface area contributed by atoms with Crippen LogP contribution in [0.3, 0.4) is 0 Å². The Balaban J connectivity index is 1.22. The van der Waals surface area contributed by atoms with E-state index in [4.69, 9.17) is 14.2 Å². The Labute approximate surface area is 209 Å². The molecule has 0 N–H and O–H groups in total. The second-order valence-electron chi connectivity index (χ2n) is 9.54. The molecule has 13 heteroatoms. The molecule has 198 valence electrons. The third-order valence-electron chi connectivity index (χ3n) is 7.07. The molecule has 0 amide bonds. The second-order valence-corrected chi connectivity index (χ2v) is 9.54. The lowest BCUT2D eigenvalue weighted by Gasteiger charge is -2.39. The summed E-state index contributed by atoms with van der Waals surface area (Å²) >= 11 is 0. The normalized spacial score (nSPS) is 24.8. The van der Waals surface area contributed by atoms with Crippen molar-refractivity contribution in [1.82, 2.24) is 19.0 Å². The number of aryl methyl sites for hydroxylation is 1. The van der Waals surface area contributed by atoms with Gasteiger partial charge in [0.05, 0.1) is 19.3 Å². The first-order valence-corrected chi connectivity index (χ1v) is 12.1. The molecule has 4 heterocycles.